The minimum atomic E-state index is -4.43. The Hall–Kier alpha value is -2.49. The van der Waals surface area contributed by atoms with Gasteiger partial charge >= 0.3 is 6.18 Å². The first kappa shape index (κ1) is 16.9. The van der Waals surface area contributed by atoms with Crippen LogP contribution in [0.15, 0.2) is 40.3 Å². The number of halogens is 3. The molecule has 2 rings (SSSR count). The third-order valence-electron chi connectivity index (χ3n) is 2.58. The summed E-state index contributed by atoms with van der Waals surface area (Å²) in [4.78, 5) is 29.1. The summed E-state index contributed by atoms with van der Waals surface area (Å²) in [6, 6.07) is 5.17. The summed E-state index contributed by atoms with van der Waals surface area (Å²) in [5, 5.41) is 2.62. The highest BCUT2D eigenvalue weighted by molar-refractivity contribution is 7.99. The fourth-order valence-corrected chi connectivity index (χ4v) is 2.28. The topological polar surface area (TPSA) is 101 Å². The molecule has 0 unspecified atom stereocenters. The maximum atomic E-state index is 12.4. The predicted octanol–water partition coefficient (Wildman–Crippen LogP) is 2.10. The van der Waals surface area contributed by atoms with E-state index in [9.17, 15) is 22.8 Å². The van der Waals surface area contributed by atoms with Crippen LogP contribution in [0.4, 0.5) is 24.7 Å². The molecule has 0 fully saturated rings. The maximum Gasteiger partial charge on any atom is 0.416 e. The molecule has 1 amide bonds. The van der Waals surface area contributed by atoms with Crippen LogP contribution in [0, 0.1) is 0 Å². The van der Waals surface area contributed by atoms with Gasteiger partial charge in [0.1, 0.15) is 5.82 Å². The Bertz CT molecular complexity index is 759. The number of alkyl halides is 3. The highest BCUT2D eigenvalue weighted by Crippen LogP contribution is 2.29. The van der Waals surface area contributed by atoms with E-state index >= 15 is 0 Å². The lowest BCUT2D eigenvalue weighted by Gasteiger charge is -2.08. The normalized spacial score (nSPS) is 11.3. The van der Waals surface area contributed by atoms with Crippen molar-refractivity contribution in [3.05, 3.63) is 46.2 Å². The number of hydrogen-bond donors (Lipinski definition) is 3. The monoisotopic (exact) mass is 344 g/mol. The summed E-state index contributed by atoms with van der Waals surface area (Å²) >= 11 is 0.945. The summed E-state index contributed by atoms with van der Waals surface area (Å²) in [5.41, 5.74) is 4.39. The molecule has 0 aliphatic heterocycles. The largest absolute Gasteiger partial charge is 0.416 e. The zero-order valence-corrected chi connectivity index (χ0v) is 12.3. The van der Waals surface area contributed by atoms with Crippen molar-refractivity contribution in [2.45, 2.75) is 11.3 Å². The molecule has 23 heavy (non-hydrogen) atoms. The van der Waals surface area contributed by atoms with E-state index in [1.165, 1.54) is 0 Å². The number of carbonyl (C=O) groups is 1. The van der Waals surface area contributed by atoms with Gasteiger partial charge in [-0.1, -0.05) is 11.8 Å². The molecular formula is C13H11F3N4O2S. The number of aromatic nitrogens is 2. The van der Waals surface area contributed by atoms with E-state index in [4.69, 9.17) is 5.73 Å². The number of benzene rings is 1. The van der Waals surface area contributed by atoms with Crippen LogP contribution in [0.1, 0.15) is 5.56 Å². The number of amides is 1. The van der Waals surface area contributed by atoms with Gasteiger partial charge < -0.3 is 16.0 Å². The first-order valence-electron chi connectivity index (χ1n) is 6.21. The van der Waals surface area contributed by atoms with Crippen LogP contribution in [-0.4, -0.2) is 21.6 Å². The van der Waals surface area contributed by atoms with Gasteiger partial charge in [-0.05, 0) is 24.3 Å². The molecule has 0 radical (unpaired) electrons. The lowest BCUT2D eigenvalue weighted by atomic mass is 10.2. The van der Waals surface area contributed by atoms with E-state index in [0.717, 1.165) is 42.1 Å². The van der Waals surface area contributed by atoms with Crippen molar-refractivity contribution < 1.29 is 18.0 Å². The summed E-state index contributed by atoms with van der Waals surface area (Å²) in [7, 11) is 0. The zero-order valence-electron chi connectivity index (χ0n) is 11.5. The molecule has 0 saturated carbocycles. The van der Waals surface area contributed by atoms with Gasteiger partial charge in [0, 0.05) is 11.8 Å². The minimum absolute atomic E-state index is 0.0272. The van der Waals surface area contributed by atoms with Gasteiger partial charge in [0.2, 0.25) is 5.91 Å². The molecule has 2 aromatic rings. The quantitative estimate of drug-likeness (QED) is 0.582. The molecule has 1 aromatic heterocycles. The number of carbonyl (C=O) groups excluding carboxylic acids is 1. The Morgan fingerprint density at radius 1 is 1.30 bits per heavy atom. The van der Waals surface area contributed by atoms with Gasteiger partial charge in [-0.15, -0.1) is 0 Å². The fourth-order valence-electron chi connectivity index (χ4n) is 1.60. The number of aromatic amines is 1. The standard InChI is InChI=1S/C13H11F3N4O2S/c14-13(15,16)7-1-3-8(4-2-7)18-11(22)6-23-12-19-9(17)5-10(21)20-12/h1-5H,6H2,(H,18,22)(H3,17,19,20,21). The molecule has 0 saturated heterocycles. The molecule has 0 aliphatic rings. The van der Waals surface area contributed by atoms with Crippen LogP contribution in [0.5, 0.6) is 0 Å². The highest BCUT2D eigenvalue weighted by Gasteiger charge is 2.29. The molecule has 4 N–H and O–H groups in total. The molecule has 0 spiro atoms. The molecule has 1 heterocycles. The van der Waals surface area contributed by atoms with E-state index in [-0.39, 0.29) is 22.4 Å². The molecule has 0 atom stereocenters. The first-order chi connectivity index (χ1) is 10.7. The van der Waals surface area contributed by atoms with Gasteiger partial charge in [-0.3, -0.25) is 9.59 Å². The first-order valence-corrected chi connectivity index (χ1v) is 7.19. The second kappa shape index (κ2) is 6.73. The van der Waals surface area contributed by atoms with Crippen LogP contribution in [0.2, 0.25) is 0 Å². The van der Waals surface area contributed by atoms with Gasteiger partial charge in [-0.25, -0.2) is 4.98 Å². The van der Waals surface area contributed by atoms with Crippen LogP contribution >= 0.6 is 11.8 Å². The van der Waals surface area contributed by atoms with Crippen molar-refractivity contribution in [2.24, 2.45) is 0 Å². The van der Waals surface area contributed by atoms with Crippen molar-refractivity contribution in [2.75, 3.05) is 16.8 Å². The van der Waals surface area contributed by atoms with Gasteiger partial charge in [0.15, 0.2) is 5.16 Å². The number of H-pyrrole nitrogens is 1. The SMILES string of the molecule is Nc1cc(=O)[nH]c(SCC(=O)Nc2ccc(C(F)(F)F)cc2)n1. The van der Waals surface area contributed by atoms with Gasteiger partial charge in [0.05, 0.1) is 11.3 Å². The number of rotatable bonds is 4. The van der Waals surface area contributed by atoms with Crippen molar-refractivity contribution in [1.29, 1.82) is 0 Å². The number of nitrogen functional groups attached to an aromatic ring is 1. The molecule has 1 aromatic carbocycles. The number of nitrogens with one attached hydrogen (secondary N) is 2. The second-order valence-electron chi connectivity index (χ2n) is 4.39. The van der Waals surface area contributed by atoms with Crippen molar-refractivity contribution in [3.63, 3.8) is 0 Å². The van der Waals surface area contributed by atoms with Crippen molar-refractivity contribution >= 4 is 29.2 Å². The van der Waals surface area contributed by atoms with Crippen molar-refractivity contribution in [3.8, 4) is 0 Å². The number of hydrogen-bond acceptors (Lipinski definition) is 5. The average Bonchev–Trinajstić information content (AvgIpc) is 2.44. The Morgan fingerprint density at radius 3 is 2.52 bits per heavy atom. The molecule has 6 nitrogen and oxygen atoms in total. The van der Waals surface area contributed by atoms with Crippen LogP contribution in [0.3, 0.4) is 0 Å². The zero-order chi connectivity index (χ0) is 17.0. The molecule has 0 aliphatic carbocycles. The summed E-state index contributed by atoms with van der Waals surface area (Å²) in [5.74, 6) is -0.521. The summed E-state index contributed by atoms with van der Waals surface area (Å²) < 4.78 is 37.3. The Kier molecular flexibility index (Phi) is 4.94. The van der Waals surface area contributed by atoms with Crippen molar-refractivity contribution in [1.82, 2.24) is 9.97 Å². The minimum Gasteiger partial charge on any atom is -0.383 e. The number of thioether (sulfide) groups is 1. The second-order valence-corrected chi connectivity index (χ2v) is 5.35. The van der Waals surface area contributed by atoms with E-state index in [1.807, 2.05) is 0 Å². The third-order valence-corrected chi connectivity index (χ3v) is 3.45. The molecule has 10 heteroatoms. The summed E-state index contributed by atoms with van der Waals surface area (Å²) in [6.45, 7) is 0. The van der Waals surface area contributed by atoms with Gasteiger partial charge in [0.25, 0.3) is 5.56 Å². The lowest BCUT2D eigenvalue weighted by Crippen LogP contribution is -2.16. The predicted molar refractivity (Wildman–Crippen MR) is 80.1 cm³/mol. The molecule has 122 valence electrons. The Labute approximate surface area is 132 Å². The number of nitrogens with zero attached hydrogens (tertiary/aromatic N) is 1. The van der Waals surface area contributed by atoms with E-state index in [1.54, 1.807) is 0 Å². The number of anilines is 2. The smallest absolute Gasteiger partial charge is 0.383 e. The Balaban J connectivity index is 1.93. The molecule has 0 bridgehead atoms. The average molecular weight is 344 g/mol. The lowest BCUT2D eigenvalue weighted by molar-refractivity contribution is -0.137. The summed E-state index contributed by atoms with van der Waals surface area (Å²) in [6.07, 6.45) is -4.43. The van der Waals surface area contributed by atoms with E-state index < -0.39 is 23.2 Å². The van der Waals surface area contributed by atoms with E-state index in [0.29, 0.717) is 0 Å². The van der Waals surface area contributed by atoms with Crippen LogP contribution in [-0.2, 0) is 11.0 Å². The highest BCUT2D eigenvalue weighted by atomic mass is 32.2. The van der Waals surface area contributed by atoms with Crippen LogP contribution < -0.4 is 16.6 Å². The van der Waals surface area contributed by atoms with Crippen LogP contribution in [0.25, 0.3) is 0 Å². The van der Waals surface area contributed by atoms with E-state index in [2.05, 4.69) is 15.3 Å². The maximum absolute atomic E-state index is 12.4. The number of nitrogens with two attached hydrogens (primary N) is 1. The fraction of sp³-hybridized carbons (Fsp3) is 0.154. The molecular weight excluding hydrogens is 333 g/mol. The Morgan fingerprint density at radius 2 is 1.96 bits per heavy atom. The third kappa shape index (κ3) is 5.02. The van der Waals surface area contributed by atoms with Gasteiger partial charge in [-0.2, -0.15) is 13.2 Å².